The molecule has 0 unspecified atom stereocenters. The van der Waals surface area contributed by atoms with E-state index in [9.17, 15) is 4.79 Å². The number of nitrogens with zero attached hydrogens (tertiary/aromatic N) is 2. The van der Waals surface area contributed by atoms with Gasteiger partial charge in [0.25, 0.3) is 0 Å². The van der Waals surface area contributed by atoms with E-state index in [1.165, 1.54) is 19.3 Å². The first kappa shape index (κ1) is 9.80. The van der Waals surface area contributed by atoms with Crippen molar-refractivity contribution in [2.45, 2.75) is 0 Å². The van der Waals surface area contributed by atoms with Crippen molar-refractivity contribution < 1.29 is 9.53 Å². The van der Waals surface area contributed by atoms with Gasteiger partial charge in [0.1, 0.15) is 5.69 Å². The molecule has 0 aliphatic heterocycles. The van der Waals surface area contributed by atoms with Crippen LogP contribution < -0.4 is 0 Å². The number of rotatable bonds is 2. The van der Waals surface area contributed by atoms with E-state index in [1.807, 2.05) is 0 Å². The molecule has 4 nitrogen and oxygen atoms in total. The molecule has 1 heterocycles. The van der Waals surface area contributed by atoms with E-state index < -0.39 is 5.97 Å². The Bertz CT molecular complexity index is 344. The van der Waals surface area contributed by atoms with Gasteiger partial charge in [-0.3, -0.25) is 4.68 Å². The van der Waals surface area contributed by atoms with Crippen LogP contribution in [0, 0.1) is 0 Å². The first-order valence-electron chi connectivity index (χ1n) is 3.58. The lowest BCUT2D eigenvalue weighted by atomic mass is 10.4. The minimum Gasteiger partial charge on any atom is -0.466 e. The van der Waals surface area contributed by atoms with Gasteiger partial charge in [0.05, 0.1) is 12.1 Å². The Morgan fingerprint density at radius 1 is 1.77 bits per heavy atom. The summed E-state index contributed by atoms with van der Waals surface area (Å²) in [6, 6.07) is 0. The molecule has 0 amide bonds. The number of halogens is 1. The highest BCUT2D eigenvalue weighted by Gasteiger charge is 2.01. The highest BCUT2D eigenvalue weighted by molar-refractivity contribution is 6.31. The fourth-order valence-corrected chi connectivity index (χ4v) is 1.05. The van der Waals surface area contributed by atoms with Gasteiger partial charge < -0.3 is 4.74 Å². The van der Waals surface area contributed by atoms with Gasteiger partial charge >= 0.3 is 5.97 Å². The van der Waals surface area contributed by atoms with Crippen LogP contribution in [0.3, 0.4) is 0 Å². The van der Waals surface area contributed by atoms with Crippen molar-refractivity contribution in [3.05, 3.63) is 23.0 Å². The number of hydrogen-bond donors (Lipinski definition) is 0. The zero-order valence-electron chi connectivity index (χ0n) is 7.32. The van der Waals surface area contributed by atoms with Crippen LogP contribution in [0.4, 0.5) is 0 Å². The number of hydrogen-bond acceptors (Lipinski definition) is 3. The normalized spacial score (nSPS) is 10.7. The van der Waals surface area contributed by atoms with Crippen molar-refractivity contribution in [1.82, 2.24) is 9.78 Å². The van der Waals surface area contributed by atoms with Gasteiger partial charge in [0.15, 0.2) is 0 Å². The number of carbonyl (C=O) groups is 1. The third kappa shape index (κ3) is 2.59. The third-order valence-electron chi connectivity index (χ3n) is 1.39. The molecule has 70 valence electrons. The molecule has 0 saturated carbocycles. The molecule has 1 rings (SSSR count). The van der Waals surface area contributed by atoms with Crippen LogP contribution in [0.15, 0.2) is 12.3 Å². The number of carbonyl (C=O) groups excluding carboxylic acids is 1. The van der Waals surface area contributed by atoms with Gasteiger partial charge in [-0.05, 0) is 6.08 Å². The van der Waals surface area contributed by atoms with Gasteiger partial charge in [-0.2, -0.15) is 5.10 Å². The second-order valence-corrected chi connectivity index (χ2v) is 2.80. The maximum absolute atomic E-state index is 10.7. The molecule has 0 atom stereocenters. The minimum absolute atomic E-state index is 0.429. The summed E-state index contributed by atoms with van der Waals surface area (Å²) in [6.45, 7) is 0. The zero-order valence-corrected chi connectivity index (χ0v) is 8.08. The maximum Gasteiger partial charge on any atom is 0.330 e. The lowest BCUT2D eigenvalue weighted by Crippen LogP contribution is -1.93. The molecule has 1 aromatic rings. The molecule has 0 saturated heterocycles. The van der Waals surface area contributed by atoms with Crippen LogP contribution in [0.5, 0.6) is 0 Å². The predicted octanol–water partition coefficient (Wildman–Crippen LogP) is 1.26. The smallest absolute Gasteiger partial charge is 0.330 e. The Labute approximate surface area is 80.8 Å². The largest absolute Gasteiger partial charge is 0.466 e. The number of aryl methyl sites for hydroxylation is 1. The van der Waals surface area contributed by atoms with Crippen molar-refractivity contribution >= 4 is 23.6 Å². The monoisotopic (exact) mass is 200 g/mol. The van der Waals surface area contributed by atoms with Gasteiger partial charge in [-0.1, -0.05) is 11.6 Å². The Morgan fingerprint density at radius 3 is 2.92 bits per heavy atom. The molecule has 0 bridgehead atoms. The lowest BCUT2D eigenvalue weighted by molar-refractivity contribution is -0.134. The minimum atomic E-state index is -0.429. The summed E-state index contributed by atoms with van der Waals surface area (Å²) in [4.78, 5) is 10.7. The van der Waals surface area contributed by atoms with Crippen molar-refractivity contribution in [2.24, 2.45) is 7.05 Å². The van der Waals surface area contributed by atoms with Crippen molar-refractivity contribution in [2.75, 3.05) is 7.11 Å². The number of ether oxygens (including phenoxy) is 1. The molecule has 5 heteroatoms. The average molecular weight is 201 g/mol. The fraction of sp³-hybridized carbons (Fsp3) is 0.250. The summed E-state index contributed by atoms with van der Waals surface area (Å²) in [5.74, 6) is -0.429. The van der Waals surface area contributed by atoms with Crippen LogP contribution in [-0.4, -0.2) is 22.9 Å². The molecule has 0 aliphatic carbocycles. The molecular weight excluding hydrogens is 192 g/mol. The van der Waals surface area contributed by atoms with Crippen LogP contribution in [0.1, 0.15) is 5.69 Å². The molecule has 13 heavy (non-hydrogen) atoms. The van der Waals surface area contributed by atoms with E-state index in [4.69, 9.17) is 11.6 Å². The predicted molar refractivity (Wildman–Crippen MR) is 49.3 cm³/mol. The summed E-state index contributed by atoms with van der Waals surface area (Å²) in [6.07, 6.45) is 4.43. The van der Waals surface area contributed by atoms with E-state index in [0.717, 1.165) is 0 Å². The van der Waals surface area contributed by atoms with Gasteiger partial charge in [0, 0.05) is 19.3 Å². The molecule has 0 fully saturated rings. The van der Waals surface area contributed by atoms with Crippen molar-refractivity contribution in [1.29, 1.82) is 0 Å². The number of aromatic nitrogens is 2. The highest BCUT2D eigenvalue weighted by Crippen LogP contribution is 2.14. The Kier molecular flexibility index (Phi) is 3.08. The van der Waals surface area contributed by atoms with E-state index >= 15 is 0 Å². The first-order chi connectivity index (χ1) is 6.13. The fourth-order valence-electron chi connectivity index (χ4n) is 0.805. The van der Waals surface area contributed by atoms with Crippen LogP contribution in [0.2, 0.25) is 5.02 Å². The van der Waals surface area contributed by atoms with Crippen molar-refractivity contribution in [3.8, 4) is 0 Å². The molecule has 0 N–H and O–H groups in total. The molecule has 0 aromatic carbocycles. The van der Waals surface area contributed by atoms with Gasteiger partial charge in [0.2, 0.25) is 0 Å². The zero-order chi connectivity index (χ0) is 9.84. The first-order valence-corrected chi connectivity index (χ1v) is 3.96. The average Bonchev–Trinajstić information content (AvgIpc) is 2.41. The highest BCUT2D eigenvalue weighted by atomic mass is 35.5. The van der Waals surface area contributed by atoms with E-state index in [2.05, 4.69) is 9.84 Å². The standard InChI is InChI=1S/C8H9ClN2O2/c1-11-5-6(9)7(10-11)3-4-8(12)13-2/h3-5H,1-2H3. The van der Waals surface area contributed by atoms with E-state index in [-0.39, 0.29) is 0 Å². The quantitative estimate of drug-likeness (QED) is 0.533. The van der Waals surface area contributed by atoms with Crippen LogP contribution in [0.25, 0.3) is 6.08 Å². The Balaban J connectivity index is 2.79. The molecule has 0 radical (unpaired) electrons. The summed E-state index contributed by atoms with van der Waals surface area (Å²) in [5.41, 5.74) is 0.551. The number of esters is 1. The molecule has 0 aliphatic rings. The topological polar surface area (TPSA) is 44.1 Å². The van der Waals surface area contributed by atoms with Crippen LogP contribution in [-0.2, 0) is 16.6 Å². The van der Waals surface area contributed by atoms with E-state index in [1.54, 1.807) is 17.9 Å². The summed E-state index contributed by atoms with van der Waals surface area (Å²) in [5, 5.41) is 4.51. The van der Waals surface area contributed by atoms with Crippen molar-refractivity contribution in [3.63, 3.8) is 0 Å². The van der Waals surface area contributed by atoms with Gasteiger partial charge in [-0.25, -0.2) is 4.79 Å². The van der Waals surface area contributed by atoms with Gasteiger partial charge in [-0.15, -0.1) is 0 Å². The Morgan fingerprint density at radius 2 is 2.46 bits per heavy atom. The summed E-state index contributed by atoms with van der Waals surface area (Å²) >= 11 is 5.79. The van der Waals surface area contributed by atoms with Crippen LogP contribution >= 0.6 is 11.6 Å². The second-order valence-electron chi connectivity index (χ2n) is 2.39. The summed E-state index contributed by atoms with van der Waals surface area (Å²) in [7, 11) is 3.06. The lowest BCUT2D eigenvalue weighted by Gasteiger charge is -1.88. The Hall–Kier alpha value is -1.29. The summed E-state index contributed by atoms with van der Waals surface area (Å²) < 4.78 is 5.98. The third-order valence-corrected chi connectivity index (χ3v) is 1.68. The second kappa shape index (κ2) is 4.09. The molecular formula is C8H9ClN2O2. The number of methoxy groups -OCH3 is 1. The van der Waals surface area contributed by atoms with E-state index in [0.29, 0.717) is 10.7 Å². The SMILES string of the molecule is COC(=O)C=Cc1nn(C)cc1Cl. The molecule has 0 spiro atoms. The maximum atomic E-state index is 10.7. The molecule has 1 aromatic heterocycles.